The number of hydrogen-bond acceptors (Lipinski definition) is 8. The van der Waals surface area contributed by atoms with Gasteiger partial charge < -0.3 is 29.9 Å². The molecule has 0 aliphatic carbocycles. The second-order valence-corrected chi connectivity index (χ2v) is 5.48. The van der Waals surface area contributed by atoms with Gasteiger partial charge in [-0.25, -0.2) is 9.59 Å². The van der Waals surface area contributed by atoms with Gasteiger partial charge in [-0.2, -0.15) is 0 Å². The van der Waals surface area contributed by atoms with Gasteiger partial charge in [-0.1, -0.05) is 0 Å². The maximum absolute atomic E-state index is 11.9. The summed E-state index contributed by atoms with van der Waals surface area (Å²) in [5, 5.41) is 39.2. The highest BCUT2D eigenvalue weighted by Gasteiger charge is 2.21. The first-order valence-electron chi connectivity index (χ1n) is 7.54. The Bertz CT molecular complexity index is 785. The number of phenols is 4. The van der Waals surface area contributed by atoms with E-state index in [2.05, 4.69) is 9.47 Å². The third kappa shape index (κ3) is 3.80. The molecule has 0 atom stereocenters. The molecule has 8 heteroatoms. The van der Waals surface area contributed by atoms with Gasteiger partial charge in [0.25, 0.3) is 0 Å². The topological polar surface area (TPSA) is 134 Å². The maximum Gasteiger partial charge on any atom is 0.341 e. The van der Waals surface area contributed by atoms with Crippen molar-refractivity contribution in [3.63, 3.8) is 0 Å². The number of ether oxygens (including phenoxy) is 2. The molecule has 0 aliphatic rings. The van der Waals surface area contributed by atoms with Gasteiger partial charge in [-0.3, -0.25) is 0 Å². The summed E-state index contributed by atoms with van der Waals surface area (Å²) < 4.78 is 9.27. The fourth-order valence-electron chi connectivity index (χ4n) is 2.68. The number of rotatable bonds is 5. The van der Waals surface area contributed by atoms with Gasteiger partial charge in [-0.15, -0.1) is 0 Å². The lowest BCUT2D eigenvalue weighted by atomic mass is 9.95. The zero-order chi connectivity index (χ0) is 19.4. The van der Waals surface area contributed by atoms with Crippen molar-refractivity contribution < 1.29 is 39.5 Å². The predicted octanol–water partition coefficient (Wildman–Crippen LogP) is 1.87. The fourth-order valence-corrected chi connectivity index (χ4v) is 2.68. The molecular weight excluding hydrogens is 344 g/mol. The zero-order valence-electron chi connectivity index (χ0n) is 14.1. The first kappa shape index (κ1) is 18.9. The summed E-state index contributed by atoms with van der Waals surface area (Å²) in [6.07, 6.45) is 0.193. The van der Waals surface area contributed by atoms with E-state index in [1.54, 1.807) is 0 Å². The van der Waals surface area contributed by atoms with E-state index in [-0.39, 0.29) is 46.6 Å². The molecule has 0 radical (unpaired) electrons. The molecule has 2 rings (SSSR count). The number of benzene rings is 2. The normalized spacial score (nSPS) is 10.4. The third-order valence-electron chi connectivity index (χ3n) is 3.81. The van der Waals surface area contributed by atoms with Gasteiger partial charge in [0.15, 0.2) is 0 Å². The summed E-state index contributed by atoms with van der Waals surface area (Å²) in [5.41, 5.74) is 0.310. The second kappa shape index (κ2) is 7.64. The molecule has 0 aromatic heterocycles. The average Bonchev–Trinajstić information content (AvgIpc) is 2.57. The van der Waals surface area contributed by atoms with E-state index in [0.29, 0.717) is 0 Å². The molecule has 0 saturated heterocycles. The van der Waals surface area contributed by atoms with E-state index in [0.717, 1.165) is 26.4 Å². The Morgan fingerprint density at radius 2 is 1.08 bits per heavy atom. The van der Waals surface area contributed by atoms with Crippen molar-refractivity contribution in [1.29, 1.82) is 0 Å². The van der Waals surface area contributed by atoms with Crippen LogP contribution in [0.1, 0.15) is 31.8 Å². The van der Waals surface area contributed by atoms with Crippen LogP contribution in [-0.2, 0) is 22.3 Å². The minimum absolute atomic E-state index is 0.0965. The van der Waals surface area contributed by atoms with E-state index in [1.807, 2.05) is 0 Å². The summed E-state index contributed by atoms with van der Waals surface area (Å²) in [6, 6.07) is 4.59. The Balaban J connectivity index is 2.44. The van der Waals surface area contributed by atoms with Crippen molar-refractivity contribution in [1.82, 2.24) is 0 Å². The fraction of sp³-hybridized carbons (Fsp3) is 0.222. The molecule has 138 valence electrons. The first-order chi connectivity index (χ1) is 12.3. The summed E-state index contributed by atoms with van der Waals surface area (Å²) in [6.45, 7) is 0. The van der Waals surface area contributed by atoms with Gasteiger partial charge in [-0.05, 0) is 36.1 Å². The molecule has 26 heavy (non-hydrogen) atoms. The molecule has 0 fully saturated rings. The van der Waals surface area contributed by atoms with Crippen molar-refractivity contribution in [2.75, 3.05) is 14.2 Å². The summed E-state index contributed by atoms with van der Waals surface area (Å²) in [5.74, 6) is -2.97. The van der Waals surface area contributed by atoms with Gasteiger partial charge in [0, 0.05) is 12.1 Å². The van der Waals surface area contributed by atoms with E-state index in [1.165, 1.54) is 12.1 Å². The van der Waals surface area contributed by atoms with Crippen LogP contribution in [0, 0.1) is 0 Å². The molecule has 8 nitrogen and oxygen atoms in total. The van der Waals surface area contributed by atoms with Crippen LogP contribution in [0.15, 0.2) is 24.3 Å². The Morgan fingerprint density at radius 3 is 1.38 bits per heavy atom. The van der Waals surface area contributed by atoms with Crippen LogP contribution in [-0.4, -0.2) is 46.6 Å². The quantitative estimate of drug-likeness (QED) is 0.592. The Kier molecular flexibility index (Phi) is 5.56. The highest BCUT2D eigenvalue weighted by Crippen LogP contribution is 2.32. The third-order valence-corrected chi connectivity index (χ3v) is 3.81. The van der Waals surface area contributed by atoms with Gasteiger partial charge in [0.2, 0.25) is 0 Å². The Hall–Kier alpha value is -3.42. The number of methoxy groups -OCH3 is 2. The molecule has 0 saturated carbocycles. The SMILES string of the molecule is COC(=O)c1c(O)cc(O)cc1CCc1cc(O)cc(O)c1C(=O)OC. The lowest BCUT2D eigenvalue weighted by Gasteiger charge is -2.13. The molecule has 0 aliphatic heterocycles. The van der Waals surface area contributed by atoms with E-state index < -0.39 is 23.4 Å². The van der Waals surface area contributed by atoms with Crippen molar-refractivity contribution in [3.8, 4) is 23.0 Å². The lowest BCUT2D eigenvalue weighted by molar-refractivity contribution is 0.0585. The zero-order valence-corrected chi connectivity index (χ0v) is 14.1. The molecule has 0 spiro atoms. The van der Waals surface area contributed by atoms with Crippen LogP contribution < -0.4 is 0 Å². The summed E-state index contributed by atoms with van der Waals surface area (Å²) in [7, 11) is 2.31. The lowest BCUT2D eigenvalue weighted by Crippen LogP contribution is -2.10. The number of esters is 2. The van der Waals surface area contributed by atoms with E-state index in [9.17, 15) is 30.0 Å². The number of aromatic hydroxyl groups is 4. The Labute approximate surface area is 148 Å². The van der Waals surface area contributed by atoms with Crippen LogP contribution in [0.2, 0.25) is 0 Å². The minimum atomic E-state index is -0.788. The van der Waals surface area contributed by atoms with Gasteiger partial charge in [0.05, 0.1) is 14.2 Å². The van der Waals surface area contributed by atoms with Crippen molar-refractivity contribution in [2.24, 2.45) is 0 Å². The van der Waals surface area contributed by atoms with Crippen LogP contribution in [0.25, 0.3) is 0 Å². The molecule has 0 amide bonds. The summed E-state index contributed by atoms with van der Waals surface area (Å²) >= 11 is 0. The number of hydrogen-bond donors (Lipinski definition) is 4. The predicted molar refractivity (Wildman–Crippen MR) is 89.6 cm³/mol. The highest BCUT2D eigenvalue weighted by atomic mass is 16.5. The van der Waals surface area contributed by atoms with Gasteiger partial charge in [0.1, 0.15) is 34.1 Å². The monoisotopic (exact) mass is 362 g/mol. The van der Waals surface area contributed by atoms with Crippen molar-refractivity contribution in [3.05, 3.63) is 46.5 Å². The van der Waals surface area contributed by atoms with Crippen molar-refractivity contribution >= 4 is 11.9 Å². The first-order valence-corrected chi connectivity index (χ1v) is 7.54. The van der Waals surface area contributed by atoms with Crippen LogP contribution in [0.4, 0.5) is 0 Å². The Morgan fingerprint density at radius 1 is 0.731 bits per heavy atom. The van der Waals surface area contributed by atoms with E-state index in [4.69, 9.17) is 0 Å². The molecule has 2 aromatic rings. The molecule has 4 N–H and O–H groups in total. The summed E-state index contributed by atoms with van der Waals surface area (Å²) in [4.78, 5) is 23.8. The number of phenolic OH excluding ortho intramolecular Hbond substituents is 4. The van der Waals surface area contributed by atoms with Crippen molar-refractivity contribution in [2.45, 2.75) is 12.8 Å². The number of carbonyl (C=O) groups is 2. The van der Waals surface area contributed by atoms with Crippen LogP contribution in [0.3, 0.4) is 0 Å². The largest absolute Gasteiger partial charge is 0.508 e. The number of aryl methyl sites for hydroxylation is 2. The van der Waals surface area contributed by atoms with Crippen LogP contribution in [0.5, 0.6) is 23.0 Å². The molecule has 0 unspecified atom stereocenters. The van der Waals surface area contributed by atoms with Gasteiger partial charge >= 0.3 is 11.9 Å². The second-order valence-electron chi connectivity index (χ2n) is 5.48. The highest BCUT2D eigenvalue weighted by molar-refractivity contribution is 5.95. The molecule has 0 heterocycles. The molecular formula is C18H18O8. The standard InChI is InChI=1S/C18H18O8/c1-25-17(23)15-9(5-11(19)7-13(15)21)3-4-10-6-12(20)8-14(22)16(10)18(24)26-2/h5-8,19-22H,3-4H2,1-2H3. The van der Waals surface area contributed by atoms with E-state index >= 15 is 0 Å². The smallest absolute Gasteiger partial charge is 0.341 e. The molecule has 0 bridgehead atoms. The number of carbonyl (C=O) groups excluding carboxylic acids is 2. The molecule has 2 aromatic carbocycles. The average molecular weight is 362 g/mol. The maximum atomic E-state index is 11.9. The van der Waals surface area contributed by atoms with Crippen LogP contribution >= 0.6 is 0 Å². The minimum Gasteiger partial charge on any atom is -0.508 e.